The number of hydrogen-bond donors (Lipinski definition) is 2. The molecule has 0 rings (SSSR count). The molecule has 0 aromatic carbocycles. The molecule has 0 bridgehead atoms. The number of esters is 2. The highest BCUT2D eigenvalue weighted by atomic mass is 16.6. The van der Waals surface area contributed by atoms with Gasteiger partial charge in [0, 0.05) is 0 Å². The second kappa shape index (κ2) is 9.76. The van der Waals surface area contributed by atoms with Crippen LogP contribution < -0.4 is 0 Å². The maximum Gasteiger partial charge on any atom is 0.332 e. The van der Waals surface area contributed by atoms with Crippen LogP contribution in [0.25, 0.3) is 0 Å². The van der Waals surface area contributed by atoms with Crippen LogP contribution in [0.4, 0.5) is 0 Å². The summed E-state index contributed by atoms with van der Waals surface area (Å²) in [5.74, 6) is -1.68. The van der Waals surface area contributed by atoms with Crippen molar-refractivity contribution in [2.45, 2.75) is 6.10 Å². The van der Waals surface area contributed by atoms with Gasteiger partial charge in [-0.1, -0.05) is 6.08 Å². The fraction of sp³-hybridized carbons (Fsp3) is 0.600. The zero-order valence-electron chi connectivity index (χ0n) is 9.33. The van der Waals surface area contributed by atoms with E-state index in [0.29, 0.717) is 0 Å². The SMILES string of the molecule is C=CCOCC(COC(=O)CO)OC(=O)CO. The average molecular weight is 248 g/mol. The predicted molar refractivity (Wildman–Crippen MR) is 56.0 cm³/mol. The van der Waals surface area contributed by atoms with Crippen LogP contribution in [0.15, 0.2) is 12.7 Å². The summed E-state index contributed by atoms with van der Waals surface area (Å²) < 4.78 is 14.3. The monoisotopic (exact) mass is 248 g/mol. The first-order valence-corrected chi connectivity index (χ1v) is 4.89. The molecule has 0 radical (unpaired) electrons. The van der Waals surface area contributed by atoms with Gasteiger partial charge in [-0.25, -0.2) is 9.59 Å². The van der Waals surface area contributed by atoms with Gasteiger partial charge in [0.15, 0.2) is 6.10 Å². The van der Waals surface area contributed by atoms with Crippen molar-refractivity contribution in [1.29, 1.82) is 0 Å². The number of carbonyl (C=O) groups is 2. The summed E-state index contributed by atoms with van der Waals surface area (Å²) in [6.07, 6.45) is 0.676. The van der Waals surface area contributed by atoms with Gasteiger partial charge in [0.2, 0.25) is 0 Å². The second-order valence-corrected chi connectivity index (χ2v) is 2.94. The minimum atomic E-state index is -0.850. The predicted octanol–water partition coefficient (Wildman–Crippen LogP) is -1.37. The van der Waals surface area contributed by atoms with Crippen LogP contribution in [-0.2, 0) is 23.8 Å². The van der Waals surface area contributed by atoms with Crippen LogP contribution in [0.2, 0.25) is 0 Å². The lowest BCUT2D eigenvalue weighted by molar-refractivity contribution is -0.165. The Morgan fingerprint density at radius 1 is 1.18 bits per heavy atom. The number of ether oxygens (including phenoxy) is 3. The number of carbonyl (C=O) groups excluding carboxylic acids is 2. The van der Waals surface area contributed by atoms with Gasteiger partial charge in [-0.2, -0.15) is 0 Å². The highest BCUT2D eigenvalue weighted by molar-refractivity contribution is 5.71. The van der Waals surface area contributed by atoms with Gasteiger partial charge in [-0.3, -0.25) is 0 Å². The molecule has 1 atom stereocenters. The van der Waals surface area contributed by atoms with Gasteiger partial charge in [0.1, 0.15) is 19.8 Å². The Morgan fingerprint density at radius 3 is 2.35 bits per heavy atom. The van der Waals surface area contributed by atoms with E-state index >= 15 is 0 Å². The van der Waals surface area contributed by atoms with E-state index in [0.717, 1.165) is 0 Å². The van der Waals surface area contributed by atoms with E-state index in [4.69, 9.17) is 19.7 Å². The van der Waals surface area contributed by atoms with Crippen molar-refractivity contribution in [3.05, 3.63) is 12.7 Å². The highest BCUT2D eigenvalue weighted by Gasteiger charge is 2.16. The van der Waals surface area contributed by atoms with Crippen molar-refractivity contribution < 1.29 is 34.0 Å². The molecule has 0 fully saturated rings. The summed E-state index contributed by atoms with van der Waals surface area (Å²) in [6.45, 7) is 1.90. The molecule has 0 aliphatic rings. The van der Waals surface area contributed by atoms with E-state index in [1.165, 1.54) is 6.08 Å². The van der Waals surface area contributed by atoms with Crippen LogP contribution in [0.1, 0.15) is 0 Å². The largest absolute Gasteiger partial charge is 0.460 e. The molecule has 17 heavy (non-hydrogen) atoms. The molecule has 0 amide bonds. The normalized spacial score (nSPS) is 11.6. The van der Waals surface area contributed by atoms with Gasteiger partial charge in [0.05, 0.1) is 13.2 Å². The molecule has 7 nitrogen and oxygen atoms in total. The van der Waals surface area contributed by atoms with Gasteiger partial charge in [-0.15, -0.1) is 6.58 Å². The Hall–Kier alpha value is -1.44. The van der Waals surface area contributed by atoms with E-state index in [9.17, 15) is 9.59 Å². The summed E-state index contributed by atoms with van der Waals surface area (Å²) in [6, 6.07) is 0. The average Bonchev–Trinajstić information content (AvgIpc) is 2.35. The number of aliphatic hydroxyl groups is 2. The smallest absolute Gasteiger partial charge is 0.332 e. The summed E-state index contributed by atoms with van der Waals surface area (Å²) in [5.41, 5.74) is 0. The van der Waals surface area contributed by atoms with Crippen molar-refractivity contribution in [1.82, 2.24) is 0 Å². The highest BCUT2D eigenvalue weighted by Crippen LogP contribution is 1.97. The van der Waals surface area contributed by atoms with Crippen molar-refractivity contribution in [3.8, 4) is 0 Å². The fourth-order valence-electron chi connectivity index (χ4n) is 0.854. The van der Waals surface area contributed by atoms with Crippen molar-refractivity contribution in [2.24, 2.45) is 0 Å². The second-order valence-electron chi connectivity index (χ2n) is 2.94. The Kier molecular flexibility index (Phi) is 8.94. The first-order chi connectivity index (χ1) is 8.13. The first kappa shape index (κ1) is 15.6. The standard InChI is InChI=1S/C10H16O7/c1-2-3-15-6-8(17-10(14)5-12)7-16-9(13)4-11/h2,8,11-12H,1,3-7H2. The molecule has 0 saturated carbocycles. The van der Waals surface area contributed by atoms with Gasteiger partial charge in [-0.05, 0) is 0 Å². The number of hydrogen-bond acceptors (Lipinski definition) is 7. The van der Waals surface area contributed by atoms with Crippen LogP contribution in [-0.4, -0.2) is 61.3 Å². The molecule has 0 aromatic heterocycles. The molecule has 98 valence electrons. The van der Waals surface area contributed by atoms with Crippen LogP contribution in [0.5, 0.6) is 0 Å². The summed E-state index contributed by atoms with van der Waals surface area (Å²) in [7, 11) is 0. The van der Waals surface area contributed by atoms with E-state index in [-0.39, 0.29) is 19.8 Å². The van der Waals surface area contributed by atoms with E-state index in [1.807, 2.05) is 0 Å². The molecule has 2 N–H and O–H groups in total. The number of rotatable bonds is 9. The Balaban J connectivity index is 4.04. The molecule has 0 aliphatic heterocycles. The lowest BCUT2D eigenvalue weighted by Crippen LogP contribution is -2.31. The maximum absolute atomic E-state index is 10.8. The van der Waals surface area contributed by atoms with Crippen molar-refractivity contribution in [2.75, 3.05) is 33.0 Å². The molecular weight excluding hydrogens is 232 g/mol. The molecule has 7 heteroatoms. The first-order valence-electron chi connectivity index (χ1n) is 4.89. The molecule has 1 unspecified atom stereocenters. The third-order valence-electron chi connectivity index (χ3n) is 1.53. The lowest BCUT2D eigenvalue weighted by atomic mass is 10.4. The summed E-state index contributed by atoms with van der Waals surface area (Å²) >= 11 is 0. The molecular formula is C10H16O7. The topological polar surface area (TPSA) is 102 Å². The quantitative estimate of drug-likeness (QED) is 0.295. The van der Waals surface area contributed by atoms with Gasteiger partial charge < -0.3 is 24.4 Å². The van der Waals surface area contributed by atoms with E-state index in [2.05, 4.69) is 11.3 Å². The third-order valence-corrected chi connectivity index (χ3v) is 1.53. The van der Waals surface area contributed by atoms with Crippen LogP contribution in [0.3, 0.4) is 0 Å². The van der Waals surface area contributed by atoms with E-state index < -0.39 is 31.3 Å². The Morgan fingerprint density at radius 2 is 1.82 bits per heavy atom. The van der Waals surface area contributed by atoms with Crippen LogP contribution >= 0.6 is 0 Å². The Labute approximate surface area is 98.6 Å². The summed E-state index contributed by atoms with van der Waals surface area (Å²) in [4.78, 5) is 21.5. The molecule has 0 saturated heterocycles. The molecule has 0 spiro atoms. The van der Waals surface area contributed by atoms with Gasteiger partial charge >= 0.3 is 11.9 Å². The molecule has 0 heterocycles. The minimum absolute atomic E-state index is 0.00350. The zero-order chi connectivity index (χ0) is 13.1. The molecule has 0 aromatic rings. The van der Waals surface area contributed by atoms with Crippen molar-refractivity contribution in [3.63, 3.8) is 0 Å². The van der Waals surface area contributed by atoms with Crippen molar-refractivity contribution >= 4 is 11.9 Å². The van der Waals surface area contributed by atoms with Gasteiger partial charge in [0.25, 0.3) is 0 Å². The minimum Gasteiger partial charge on any atom is -0.460 e. The zero-order valence-corrected chi connectivity index (χ0v) is 9.33. The van der Waals surface area contributed by atoms with E-state index in [1.54, 1.807) is 0 Å². The fourth-order valence-corrected chi connectivity index (χ4v) is 0.854. The van der Waals surface area contributed by atoms with Crippen LogP contribution in [0, 0.1) is 0 Å². The lowest BCUT2D eigenvalue weighted by Gasteiger charge is -2.16. The third kappa shape index (κ3) is 8.38. The number of aliphatic hydroxyl groups excluding tert-OH is 2. The Bertz CT molecular complexity index is 251. The maximum atomic E-state index is 10.8. The molecule has 0 aliphatic carbocycles. The summed E-state index contributed by atoms with van der Waals surface area (Å²) in [5, 5.41) is 16.9.